The summed E-state index contributed by atoms with van der Waals surface area (Å²) in [6, 6.07) is 10.4. The van der Waals surface area contributed by atoms with Crippen LogP contribution >= 0.6 is 0 Å². The number of rotatable bonds is 5. The maximum absolute atomic E-state index is 12.3. The fourth-order valence-electron chi connectivity index (χ4n) is 2.55. The Morgan fingerprint density at radius 2 is 1.95 bits per heavy atom. The van der Waals surface area contributed by atoms with Gasteiger partial charge in [-0.1, -0.05) is 43.2 Å². The van der Waals surface area contributed by atoms with Crippen molar-refractivity contribution in [2.45, 2.75) is 38.3 Å². The molecule has 4 nitrogen and oxygen atoms in total. The zero-order chi connectivity index (χ0) is 13.5. The standard InChI is InChI=1S/C15H23N3O/c16-10-11-18(12-13-6-2-1-3-7-13)15(19)17-14-8-4-5-9-14/h1-3,6-7,14H,4-5,8-12,16H2,(H,17,19). The minimum absolute atomic E-state index is 0.0150. The summed E-state index contributed by atoms with van der Waals surface area (Å²) in [4.78, 5) is 14.1. The van der Waals surface area contributed by atoms with E-state index in [0.717, 1.165) is 18.4 Å². The van der Waals surface area contributed by atoms with E-state index >= 15 is 0 Å². The van der Waals surface area contributed by atoms with Gasteiger partial charge in [0.2, 0.25) is 0 Å². The second-order valence-electron chi connectivity index (χ2n) is 5.13. The second kappa shape index (κ2) is 7.14. The van der Waals surface area contributed by atoms with Gasteiger partial charge >= 0.3 is 6.03 Å². The number of carbonyl (C=O) groups is 1. The largest absolute Gasteiger partial charge is 0.335 e. The number of nitrogens with zero attached hydrogens (tertiary/aromatic N) is 1. The molecule has 4 heteroatoms. The highest BCUT2D eigenvalue weighted by atomic mass is 16.2. The molecule has 1 aromatic carbocycles. The molecule has 19 heavy (non-hydrogen) atoms. The summed E-state index contributed by atoms with van der Waals surface area (Å²) in [6.45, 7) is 1.70. The van der Waals surface area contributed by atoms with Gasteiger partial charge in [-0.3, -0.25) is 0 Å². The summed E-state index contributed by atoms with van der Waals surface area (Å²) < 4.78 is 0. The van der Waals surface area contributed by atoms with Crippen LogP contribution in [-0.2, 0) is 6.54 Å². The van der Waals surface area contributed by atoms with Crippen LogP contribution in [0.1, 0.15) is 31.2 Å². The molecule has 1 aliphatic rings. The summed E-state index contributed by atoms with van der Waals surface area (Å²) in [6.07, 6.45) is 4.65. The van der Waals surface area contributed by atoms with Crippen molar-refractivity contribution in [3.63, 3.8) is 0 Å². The number of hydrogen-bond donors (Lipinski definition) is 2. The third kappa shape index (κ3) is 4.24. The Hall–Kier alpha value is -1.55. The molecule has 1 saturated carbocycles. The Bertz CT molecular complexity index is 388. The minimum atomic E-state index is 0.0150. The van der Waals surface area contributed by atoms with E-state index in [4.69, 9.17) is 5.73 Å². The van der Waals surface area contributed by atoms with Gasteiger partial charge < -0.3 is 16.0 Å². The van der Waals surface area contributed by atoms with Crippen LogP contribution in [0.15, 0.2) is 30.3 Å². The number of nitrogens with two attached hydrogens (primary N) is 1. The molecule has 0 aromatic heterocycles. The summed E-state index contributed by atoms with van der Waals surface area (Å²) in [5.74, 6) is 0. The van der Waals surface area contributed by atoms with Crippen molar-refractivity contribution in [2.24, 2.45) is 5.73 Å². The minimum Gasteiger partial charge on any atom is -0.335 e. The molecule has 1 aliphatic carbocycles. The maximum Gasteiger partial charge on any atom is 0.317 e. The summed E-state index contributed by atoms with van der Waals surface area (Å²) in [7, 11) is 0. The molecule has 0 saturated heterocycles. The SMILES string of the molecule is NCCN(Cc1ccccc1)C(=O)NC1CCCC1. The van der Waals surface area contributed by atoms with E-state index in [1.165, 1.54) is 12.8 Å². The Morgan fingerprint density at radius 3 is 2.58 bits per heavy atom. The molecule has 0 bridgehead atoms. The number of carbonyl (C=O) groups excluding carboxylic acids is 1. The molecule has 1 aromatic rings. The van der Waals surface area contributed by atoms with Gasteiger partial charge in [0, 0.05) is 25.7 Å². The van der Waals surface area contributed by atoms with Crippen LogP contribution in [0.5, 0.6) is 0 Å². The van der Waals surface area contributed by atoms with Gasteiger partial charge in [0.25, 0.3) is 0 Å². The zero-order valence-corrected chi connectivity index (χ0v) is 11.3. The van der Waals surface area contributed by atoms with Crippen LogP contribution in [0.4, 0.5) is 4.79 Å². The first kappa shape index (κ1) is 13.9. The van der Waals surface area contributed by atoms with E-state index in [2.05, 4.69) is 5.32 Å². The predicted molar refractivity (Wildman–Crippen MR) is 76.7 cm³/mol. The molecule has 0 unspecified atom stereocenters. The first-order chi connectivity index (χ1) is 9.29. The Labute approximate surface area is 115 Å². The van der Waals surface area contributed by atoms with Crippen LogP contribution in [0, 0.1) is 0 Å². The quantitative estimate of drug-likeness (QED) is 0.852. The maximum atomic E-state index is 12.3. The lowest BCUT2D eigenvalue weighted by Gasteiger charge is -2.24. The van der Waals surface area contributed by atoms with Gasteiger partial charge in [-0.15, -0.1) is 0 Å². The van der Waals surface area contributed by atoms with Crippen LogP contribution in [0.3, 0.4) is 0 Å². The molecule has 2 amide bonds. The Kier molecular flexibility index (Phi) is 5.21. The average molecular weight is 261 g/mol. The summed E-state index contributed by atoms with van der Waals surface area (Å²) in [5, 5.41) is 3.12. The van der Waals surface area contributed by atoms with Crippen molar-refractivity contribution in [3.05, 3.63) is 35.9 Å². The molecule has 0 spiro atoms. The highest BCUT2D eigenvalue weighted by Crippen LogP contribution is 2.18. The summed E-state index contributed by atoms with van der Waals surface area (Å²) >= 11 is 0. The van der Waals surface area contributed by atoms with Crippen LogP contribution < -0.4 is 11.1 Å². The molecule has 1 fully saturated rings. The van der Waals surface area contributed by atoms with Gasteiger partial charge in [0.1, 0.15) is 0 Å². The lowest BCUT2D eigenvalue weighted by molar-refractivity contribution is 0.192. The van der Waals surface area contributed by atoms with Gasteiger partial charge in [0.15, 0.2) is 0 Å². The second-order valence-corrected chi connectivity index (χ2v) is 5.13. The first-order valence-electron chi connectivity index (χ1n) is 7.09. The van der Waals surface area contributed by atoms with Crippen LogP contribution in [0.25, 0.3) is 0 Å². The molecule has 0 aliphatic heterocycles. The highest BCUT2D eigenvalue weighted by Gasteiger charge is 2.20. The Morgan fingerprint density at radius 1 is 1.26 bits per heavy atom. The molecule has 0 heterocycles. The number of amides is 2. The van der Waals surface area contributed by atoms with Gasteiger partial charge in [-0.2, -0.15) is 0 Å². The lowest BCUT2D eigenvalue weighted by Crippen LogP contribution is -2.45. The topological polar surface area (TPSA) is 58.4 Å². The van der Waals surface area contributed by atoms with Crippen LogP contribution in [0.2, 0.25) is 0 Å². The molecule has 104 valence electrons. The van der Waals surface area contributed by atoms with Crippen LogP contribution in [-0.4, -0.2) is 30.1 Å². The lowest BCUT2D eigenvalue weighted by atomic mass is 10.2. The third-order valence-electron chi connectivity index (χ3n) is 3.59. The highest BCUT2D eigenvalue weighted by molar-refractivity contribution is 5.74. The Balaban J connectivity index is 1.92. The van der Waals surface area contributed by atoms with Crippen molar-refractivity contribution in [1.82, 2.24) is 10.2 Å². The molecule has 2 rings (SSSR count). The van der Waals surface area contributed by atoms with E-state index in [9.17, 15) is 4.79 Å². The van der Waals surface area contributed by atoms with E-state index in [0.29, 0.717) is 25.7 Å². The van der Waals surface area contributed by atoms with Crippen molar-refractivity contribution in [2.75, 3.05) is 13.1 Å². The molecular weight excluding hydrogens is 238 g/mol. The van der Waals surface area contributed by atoms with Gasteiger partial charge in [-0.05, 0) is 18.4 Å². The number of nitrogens with one attached hydrogen (secondary N) is 1. The van der Waals surface area contributed by atoms with E-state index in [1.54, 1.807) is 4.90 Å². The normalized spacial score (nSPS) is 15.4. The van der Waals surface area contributed by atoms with E-state index in [-0.39, 0.29) is 6.03 Å². The fraction of sp³-hybridized carbons (Fsp3) is 0.533. The van der Waals surface area contributed by atoms with Crippen molar-refractivity contribution in [1.29, 1.82) is 0 Å². The number of benzene rings is 1. The van der Waals surface area contributed by atoms with Gasteiger partial charge in [0.05, 0.1) is 0 Å². The third-order valence-corrected chi connectivity index (χ3v) is 3.59. The first-order valence-corrected chi connectivity index (χ1v) is 7.09. The smallest absolute Gasteiger partial charge is 0.317 e. The van der Waals surface area contributed by atoms with Crippen molar-refractivity contribution in [3.8, 4) is 0 Å². The number of urea groups is 1. The monoisotopic (exact) mass is 261 g/mol. The number of hydrogen-bond acceptors (Lipinski definition) is 2. The average Bonchev–Trinajstić information content (AvgIpc) is 2.92. The molecular formula is C15H23N3O. The molecule has 0 atom stereocenters. The van der Waals surface area contributed by atoms with E-state index in [1.807, 2.05) is 30.3 Å². The summed E-state index contributed by atoms with van der Waals surface area (Å²) in [5.41, 5.74) is 6.74. The van der Waals surface area contributed by atoms with Crippen molar-refractivity contribution < 1.29 is 4.79 Å². The van der Waals surface area contributed by atoms with Crippen molar-refractivity contribution >= 4 is 6.03 Å². The molecule has 0 radical (unpaired) electrons. The van der Waals surface area contributed by atoms with Gasteiger partial charge in [-0.25, -0.2) is 4.79 Å². The molecule has 3 N–H and O–H groups in total. The fourth-order valence-corrected chi connectivity index (χ4v) is 2.55. The predicted octanol–water partition coefficient (Wildman–Crippen LogP) is 2.10. The zero-order valence-electron chi connectivity index (χ0n) is 11.3. The van der Waals surface area contributed by atoms with E-state index < -0.39 is 0 Å².